The fourth-order valence-corrected chi connectivity index (χ4v) is 5.25. The van der Waals surface area contributed by atoms with Crippen LogP contribution in [0.2, 0.25) is 0 Å². The molecule has 2 rings (SSSR count). The Kier molecular flexibility index (Phi) is 17.9. The van der Waals surface area contributed by atoms with E-state index in [1.54, 1.807) is 24.3 Å². The number of rotatable bonds is 19. The average Bonchev–Trinajstić information content (AvgIpc) is 3.06. The number of nitrogens with zero attached hydrogens (tertiary/aromatic N) is 3. The minimum atomic E-state index is -1.22. The average molecular weight is 788 g/mol. The van der Waals surface area contributed by atoms with Crippen molar-refractivity contribution in [3.05, 3.63) is 29.8 Å². The molecule has 0 aliphatic carbocycles. The van der Waals surface area contributed by atoms with E-state index in [9.17, 15) is 43.5 Å². The highest BCUT2D eigenvalue weighted by Crippen LogP contribution is 2.18. The number of halogens is 1. The number of carbonyl (C=O) groups is 8. The number of alkyl halides is 1. The van der Waals surface area contributed by atoms with Crippen molar-refractivity contribution in [1.82, 2.24) is 31.7 Å². The van der Waals surface area contributed by atoms with Crippen LogP contribution in [-0.4, -0.2) is 128 Å². The number of carboxylic acids is 3. The van der Waals surface area contributed by atoms with Crippen LogP contribution in [0.1, 0.15) is 50.5 Å². The van der Waals surface area contributed by atoms with E-state index in [4.69, 9.17) is 15.9 Å². The van der Waals surface area contributed by atoms with Gasteiger partial charge < -0.3 is 26.4 Å². The molecule has 0 bridgehead atoms. The lowest BCUT2D eigenvalue weighted by molar-refractivity contribution is -1.01. The number of aryl methyl sites for hydroxylation is 1. The van der Waals surface area contributed by atoms with Gasteiger partial charge >= 0.3 is 17.9 Å². The molecule has 0 radical (unpaired) electrons. The van der Waals surface area contributed by atoms with Gasteiger partial charge in [-0.05, 0) is 24.1 Å². The van der Waals surface area contributed by atoms with Gasteiger partial charge in [-0.1, -0.05) is 28.1 Å². The standard InChI is InChI=1S/C30H44BrN9O11/c31-19-26(44)34-21-4-1-20(2-5-21)3-6-22(30(32)51)40(37-25(43)9-12-29(49)50)18-17-39(36-24(42)8-11-28(47)48)16-15-38(14-13-33-40)35-23(41)7-10-27(45)46/h1-2,4-5,22,33H,3,6-19H2,(H8-,32,34,35,36,37,41,42,43,44,45,46,47,48,49,50,51)/p+1. The third kappa shape index (κ3) is 16.2. The van der Waals surface area contributed by atoms with E-state index in [0.29, 0.717) is 5.69 Å². The van der Waals surface area contributed by atoms with Gasteiger partial charge in [0.1, 0.15) is 6.54 Å². The number of primary amides is 1. The molecular weight excluding hydrogens is 742 g/mol. The first-order valence-corrected chi connectivity index (χ1v) is 17.2. The van der Waals surface area contributed by atoms with Crippen LogP contribution in [0.3, 0.4) is 0 Å². The van der Waals surface area contributed by atoms with Crippen molar-refractivity contribution in [2.45, 2.75) is 57.4 Å². The highest BCUT2D eigenvalue weighted by molar-refractivity contribution is 9.09. The van der Waals surface area contributed by atoms with E-state index in [0.717, 1.165) is 5.56 Å². The third-order valence-electron chi connectivity index (χ3n) is 7.65. The topological polar surface area (TPSA) is 290 Å². The highest BCUT2D eigenvalue weighted by Gasteiger charge is 2.44. The summed E-state index contributed by atoms with van der Waals surface area (Å²) in [6.45, 7) is 0.0959. The van der Waals surface area contributed by atoms with Crippen molar-refractivity contribution in [2.24, 2.45) is 5.73 Å². The Morgan fingerprint density at radius 3 is 1.75 bits per heavy atom. The van der Waals surface area contributed by atoms with Crippen molar-refractivity contribution in [3.8, 4) is 0 Å². The van der Waals surface area contributed by atoms with E-state index < -0.39 is 78.0 Å². The molecule has 1 aliphatic rings. The summed E-state index contributed by atoms with van der Waals surface area (Å²) in [5, 5.41) is 32.9. The van der Waals surface area contributed by atoms with E-state index in [1.165, 1.54) is 10.0 Å². The summed E-state index contributed by atoms with van der Waals surface area (Å²) in [5.41, 5.74) is 18.4. The number of hydrogen-bond acceptors (Lipinski definition) is 11. The minimum absolute atomic E-state index is 0.0230. The zero-order valence-electron chi connectivity index (χ0n) is 27.9. The van der Waals surface area contributed by atoms with Crippen molar-refractivity contribution in [3.63, 3.8) is 0 Å². The lowest BCUT2D eigenvalue weighted by Gasteiger charge is -2.43. The second-order valence-corrected chi connectivity index (χ2v) is 12.2. The van der Waals surface area contributed by atoms with Gasteiger partial charge in [0.2, 0.25) is 23.8 Å². The van der Waals surface area contributed by atoms with Crippen LogP contribution in [0.4, 0.5) is 5.69 Å². The Morgan fingerprint density at radius 2 is 1.25 bits per heavy atom. The molecule has 2 atom stereocenters. The first kappa shape index (κ1) is 42.5. The fourth-order valence-electron chi connectivity index (χ4n) is 5.11. The summed E-state index contributed by atoms with van der Waals surface area (Å²) in [5.74, 6) is -6.61. The van der Waals surface area contributed by atoms with E-state index >= 15 is 0 Å². The molecule has 2 unspecified atom stereocenters. The molecule has 1 heterocycles. The third-order valence-corrected chi connectivity index (χ3v) is 8.16. The van der Waals surface area contributed by atoms with Crippen LogP contribution in [0.25, 0.3) is 0 Å². The number of nitrogens with one attached hydrogen (secondary N) is 5. The number of hydrogen-bond donors (Lipinski definition) is 9. The predicted molar refractivity (Wildman–Crippen MR) is 181 cm³/mol. The number of quaternary nitrogens is 1. The number of benzene rings is 1. The van der Waals surface area contributed by atoms with Crippen LogP contribution in [0.5, 0.6) is 0 Å². The van der Waals surface area contributed by atoms with Gasteiger partial charge in [0.15, 0.2) is 0 Å². The Bertz CT molecular complexity index is 1420. The smallest absolute Gasteiger partial charge is 0.303 e. The summed E-state index contributed by atoms with van der Waals surface area (Å²) < 4.78 is -0.685. The van der Waals surface area contributed by atoms with Crippen molar-refractivity contribution >= 4 is 69.1 Å². The SMILES string of the molecule is NC(=O)C(CCc1ccc(NC(=O)CBr)cc1)[N+]1(NC(=O)CCC(=O)O)CCN(NC(=O)CCC(=O)O)CCN(NC(=O)CCC(=O)O)CCN1. The van der Waals surface area contributed by atoms with E-state index in [-0.39, 0.29) is 76.2 Å². The lowest BCUT2D eigenvalue weighted by atomic mass is 10.0. The zero-order valence-corrected chi connectivity index (χ0v) is 29.5. The lowest BCUT2D eigenvalue weighted by Crippen LogP contribution is -2.77. The van der Waals surface area contributed by atoms with Gasteiger partial charge in [0.05, 0.1) is 37.7 Å². The Balaban J connectivity index is 2.46. The van der Waals surface area contributed by atoms with Gasteiger partial charge in [-0.2, -0.15) is 5.43 Å². The molecule has 1 aromatic rings. The number of carboxylic acid groups (broad SMARTS) is 3. The first-order valence-electron chi connectivity index (χ1n) is 16.0. The summed E-state index contributed by atoms with van der Waals surface area (Å²) in [4.78, 5) is 96.6. The molecule has 0 spiro atoms. The molecule has 21 heteroatoms. The van der Waals surface area contributed by atoms with Crippen molar-refractivity contribution in [2.75, 3.05) is 49.9 Å². The van der Waals surface area contributed by atoms with Gasteiger partial charge in [0, 0.05) is 51.0 Å². The highest BCUT2D eigenvalue weighted by atomic mass is 79.9. The van der Waals surface area contributed by atoms with Crippen LogP contribution in [0.15, 0.2) is 24.3 Å². The van der Waals surface area contributed by atoms with Gasteiger partial charge in [0.25, 0.3) is 11.8 Å². The molecule has 1 aromatic carbocycles. The Hall–Kier alpha value is -4.70. The quantitative estimate of drug-likeness (QED) is 0.0566. The van der Waals surface area contributed by atoms with Crippen LogP contribution in [0, 0.1) is 0 Å². The van der Waals surface area contributed by atoms with Gasteiger partial charge in [-0.3, -0.25) is 49.2 Å². The fraction of sp³-hybridized carbons (Fsp3) is 0.533. The van der Waals surface area contributed by atoms with Crippen molar-refractivity contribution in [1.29, 1.82) is 0 Å². The number of carbonyl (C=O) groups excluding carboxylic acids is 5. The molecule has 1 aliphatic heterocycles. The first-order chi connectivity index (χ1) is 24.1. The number of anilines is 1. The number of hydrazine groups is 2. The number of aliphatic carboxylic acids is 3. The summed E-state index contributed by atoms with van der Waals surface area (Å²) in [6, 6.07) is 5.67. The molecule has 0 aromatic heterocycles. The molecule has 282 valence electrons. The Morgan fingerprint density at radius 1 is 0.745 bits per heavy atom. The molecule has 1 saturated heterocycles. The second kappa shape index (κ2) is 21.5. The molecule has 51 heavy (non-hydrogen) atoms. The summed E-state index contributed by atoms with van der Waals surface area (Å²) >= 11 is 3.08. The molecule has 20 nitrogen and oxygen atoms in total. The maximum Gasteiger partial charge on any atom is 0.303 e. The number of nitrogens with two attached hydrogens (primary N) is 1. The monoisotopic (exact) mass is 786 g/mol. The predicted octanol–water partition coefficient (Wildman–Crippen LogP) is -1.57. The second-order valence-electron chi connectivity index (χ2n) is 11.6. The zero-order chi connectivity index (χ0) is 38.0. The maximum absolute atomic E-state index is 13.2. The largest absolute Gasteiger partial charge is 0.481 e. The van der Waals surface area contributed by atoms with Crippen LogP contribution in [-0.2, 0) is 44.8 Å². The summed E-state index contributed by atoms with van der Waals surface area (Å²) in [7, 11) is 0. The van der Waals surface area contributed by atoms with Gasteiger partial charge in [-0.25, -0.2) is 10.0 Å². The minimum Gasteiger partial charge on any atom is -0.481 e. The molecule has 5 amide bonds. The molecule has 1 fully saturated rings. The molecule has 0 saturated carbocycles. The summed E-state index contributed by atoms with van der Waals surface area (Å²) in [6.07, 6.45) is -2.14. The van der Waals surface area contributed by atoms with Crippen molar-refractivity contribution < 1.29 is 58.4 Å². The normalized spacial score (nSPS) is 17.7. The van der Waals surface area contributed by atoms with E-state index in [1.807, 2.05) is 0 Å². The molecular formula is C30H45BrN9O11+. The van der Waals surface area contributed by atoms with Crippen LogP contribution < -0.4 is 32.8 Å². The van der Waals surface area contributed by atoms with Gasteiger partial charge in [-0.15, -0.1) is 10.1 Å². The molecule has 10 N–H and O–H groups in total. The Labute approximate surface area is 301 Å². The maximum atomic E-state index is 13.2. The number of amides is 5. The van der Waals surface area contributed by atoms with Crippen LogP contribution >= 0.6 is 15.9 Å². The van der Waals surface area contributed by atoms with E-state index in [2.05, 4.69) is 42.9 Å².